The summed E-state index contributed by atoms with van der Waals surface area (Å²) in [5.74, 6) is -2.12. The van der Waals surface area contributed by atoms with Crippen LogP contribution >= 0.6 is 0 Å². The number of hydrogen-bond donors (Lipinski definition) is 2. The molecule has 0 aliphatic carbocycles. The minimum atomic E-state index is -0.609. The molecular formula is C21H20FN3O4. The number of rotatable bonds is 8. The van der Waals surface area contributed by atoms with Gasteiger partial charge in [0.1, 0.15) is 5.82 Å². The molecular weight excluding hydrogens is 377 g/mol. The standard InChI is InChI=1S/C21H20FN3O4/c22-17-9-4-3-8-16(17)19(27)24-12-11-23-18(26)10-5-13-25-20(28)14-6-1-2-7-15(14)21(25)29/h1-4,6-9H,5,10-13H2,(H,23,26)(H,24,27). The predicted octanol–water partition coefficient (Wildman–Crippen LogP) is 1.75. The van der Waals surface area contributed by atoms with E-state index in [-0.39, 0.29) is 49.3 Å². The molecule has 1 heterocycles. The maximum Gasteiger partial charge on any atom is 0.261 e. The van der Waals surface area contributed by atoms with E-state index in [1.54, 1.807) is 30.3 Å². The third-order valence-electron chi connectivity index (χ3n) is 4.51. The van der Waals surface area contributed by atoms with Crippen LogP contribution in [0.4, 0.5) is 4.39 Å². The van der Waals surface area contributed by atoms with Gasteiger partial charge in [0, 0.05) is 26.1 Å². The summed E-state index contributed by atoms with van der Waals surface area (Å²) in [4.78, 5) is 49.4. The zero-order chi connectivity index (χ0) is 20.8. The Hall–Kier alpha value is -3.55. The van der Waals surface area contributed by atoms with Gasteiger partial charge >= 0.3 is 0 Å². The molecule has 1 aliphatic heterocycles. The molecule has 3 rings (SSSR count). The lowest BCUT2D eigenvalue weighted by molar-refractivity contribution is -0.121. The van der Waals surface area contributed by atoms with Crippen LogP contribution in [0.1, 0.15) is 43.9 Å². The molecule has 1 aliphatic rings. The normalized spacial score (nSPS) is 12.7. The van der Waals surface area contributed by atoms with Crippen LogP contribution in [0.2, 0.25) is 0 Å². The molecule has 0 aromatic heterocycles. The fraction of sp³-hybridized carbons (Fsp3) is 0.238. The number of nitrogens with zero attached hydrogens (tertiary/aromatic N) is 1. The molecule has 0 spiro atoms. The van der Waals surface area contributed by atoms with Crippen LogP contribution in [0.25, 0.3) is 0 Å². The lowest BCUT2D eigenvalue weighted by Gasteiger charge is -2.13. The second kappa shape index (κ2) is 9.09. The van der Waals surface area contributed by atoms with Gasteiger partial charge in [-0.15, -0.1) is 0 Å². The van der Waals surface area contributed by atoms with Crippen molar-refractivity contribution in [1.82, 2.24) is 15.5 Å². The number of carbonyl (C=O) groups is 4. The van der Waals surface area contributed by atoms with Gasteiger partial charge < -0.3 is 10.6 Å². The first-order valence-electron chi connectivity index (χ1n) is 9.23. The number of benzene rings is 2. The van der Waals surface area contributed by atoms with Gasteiger partial charge in [0.05, 0.1) is 16.7 Å². The second-order valence-corrected chi connectivity index (χ2v) is 6.50. The summed E-state index contributed by atoms with van der Waals surface area (Å²) in [6.45, 7) is 0.493. The maximum atomic E-state index is 13.5. The Morgan fingerprint density at radius 1 is 0.862 bits per heavy atom. The Morgan fingerprint density at radius 2 is 1.45 bits per heavy atom. The van der Waals surface area contributed by atoms with Gasteiger partial charge in [0.2, 0.25) is 5.91 Å². The monoisotopic (exact) mass is 397 g/mol. The smallest absolute Gasteiger partial charge is 0.261 e. The van der Waals surface area contributed by atoms with E-state index in [1.165, 1.54) is 18.2 Å². The molecule has 0 fully saturated rings. The minimum absolute atomic E-state index is 0.0558. The van der Waals surface area contributed by atoms with Crippen molar-refractivity contribution in [3.8, 4) is 0 Å². The van der Waals surface area contributed by atoms with Crippen LogP contribution in [0.5, 0.6) is 0 Å². The minimum Gasteiger partial charge on any atom is -0.354 e. The number of hydrogen-bond acceptors (Lipinski definition) is 4. The van der Waals surface area contributed by atoms with E-state index in [2.05, 4.69) is 10.6 Å². The molecule has 0 bridgehead atoms. The van der Waals surface area contributed by atoms with Crippen molar-refractivity contribution in [3.63, 3.8) is 0 Å². The zero-order valence-electron chi connectivity index (χ0n) is 15.6. The molecule has 0 radical (unpaired) electrons. The van der Waals surface area contributed by atoms with Gasteiger partial charge in [-0.3, -0.25) is 24.1 Å². The third-order valence-corrected chi connectivity index (χ3v) is 4.51. The first kappa shape index (κ1) is 20.2. The Labute approximate surface area is 166 Å². The fourth-order valence-corrected chi connectivity index (χ4v) is 3.05. The van der Waals surface area contributed by atoms with E-state index >= 15 is 0 Å². The average molecular weight is 397 g/mol. The summed E-state index contributed by atoms with van der Waals surface area (Å²) in [5.41, 5.74) is 0.708. The largest absolute Gasteiger partial charge is 0.354 e. The molecule has 4 amide bonds. The molecule has 0 atom stereocenters. The highest BCUT2D eigenvalue weighted by Gasteiger charge is 2.34. The number of nitrogens with one attached hydrogen (secondary N) is 2. The molecule has 0 saturated carbocycles. The molecule has 29 heavy (non-hydrogen) atoms. The fourth-order valence-electron chi connectivity index (χ4n) is 3.05. The van der Waals surface area contributed by atoms with Crippen molar-refractivity contribution in [2.45, 2.75) is 12.8 Å². The van der Waals surface area contributed by atoms with Crippen LogP contribution in [-0.2, 0) is 4.79 Å². The highest BCUT2D eigenvalue weighted by molar-refractivity contribution is 6.21. The van der Waals surface area contributed by atoms with E-state index < -0.39 is 11.7 Å². The Morgan fingerprint density at radius 3 is 2.10 bits per heavy atom. The average Bonchev–Trinajstić information content (AvgIpc) is 2.96. The van der Waals surface area contributed by atoms with Crippen LogP contribution in [0, 0.1) is 5.82 Å². The molecule has 0 unspecified atom stereocenters. The van der Waals surface area contributed by atoms with Crippen LogP contribution in [0.3, 0.4) is 0 Å². The number of fused-ring (bicyclic) bond motifs is 1. The van der Waals surface area contributed by atoms with E-state index in [9.17, 15) is 23.6 Å². The highest BCUT2D eigenvalue weighted by Crippen LogP contribution is 2.22. The van der Waals surface area contributed by atoms with E-state index in [1.807, 2.05) is 0 Å². The van der Waals surface area contributed by atoms with Crippen molar-refractivity contribution in [1.29, 1.82) is 0 Å². The second-order valence-electron chi connectivity index (χ2n) is 6.50. The SMILES string of the molecule is O=C(CCCN1C(=O)c2ccccc2C1=O)NCCNC(=O)c1ccccc1F. The predicted molar refractivity (Wildman–Crippen MR) is 103 cm³/mol. The number of halogens is 1. The highest BCUT2D eigenvalue weighted by atomic mass is 19.1. The number of imide groups is 1. The van der Waals surface area contributed by atoms with Crippen LogP contribution < -0.4 is 10.6 Å². The molecule has 2 N–H and O–H groups in total. The summed E-state index contributed by atoms with van der Waals surface area (Å²) in [7, 11) is 0. The Bertz CT molecular complexity index is 925. The number of carbonyl (C=O) groups excluding carboxylic acids is 4. The summed E-state index contributed by atoms with van der Waals surface area (Å²) in [5, 5.41) is 5.16. The van der Waals surface area contributed by atoms with E-state index in [0.717, 1.165) is 4.90 Å². The van der Waals surface area contributed by atoms with E-state index in [4.69, 9.17) is 0 Å². The summed E-state index contributed by atoms with van der Waals surface area (Å²) in [6.07, 6.45) is 0.466. The molecule has 150 valence electrons. The van der Waals surface area contributed by atoms with Gasteiger partial charge in [0.25, 0.3) is 17.7 Å². The van der Waals surface area contributed by atoms with Gasteiger partial charge in [-0.05, 0) is 30.7 Å². The van der Waals surface area contributed by atoms with Crippen molar-refractivity contribution < 1.29 is 23.6 Å². The summed E-state index contributed by atoms with van der Waals surface area (Å²) < 4.78 is 13.5. The number of amides is 4. The molecule has 2 aromatic rings. The molecule has 0 saturated heterocycles. The van der Waals surface area contributed by atoms with Crippen molar-refractivity contribution >= 4 is 23.6 Å². The molecule has 7 nitrogen and oxygen atoms in total. The molecule has 8 heteroatoms. The summed E-state index contributed by atoms with van der Waals surface area (Å²) >= 11 is 0. The van der Waals surface area contributed by atoms with Gasteiger partial charge in [0.15, 0.2) is 0 Å². The van der Waals surface area contributed by atoms with Crippen molar-refractivity contribution in [2.75, 3.05) is 19.6 Å². The third kappa shape index (κ3) is 4.66. The van der Waals surface area contributed by atoms with Crippen LogP contribution in [0.15, 0.2) is 48.5 Å². The lowest BCUT2D eigenvalue weighted by Crippen LogP contribution is -2.35. The molecule has 2 aromatic carbocycles. The first-order chi connectivity index (χ1) is 14.0. The lowest BCUT2D eigenvalue weighted by atomic mass is 10.1. The summed E-state index contributed by atoms with van der Waals surface area (Å²) in [6, 6.07) is 12.3. The Kier molecular flexibility index (Phi) is 6.33. The maximum absolute atomic E-state index is 13.5. The quantitative estimate of drug-likeness (QED) is 0.524. The van der Waals surface area contributed by atoms with Gasteiger partial charge in [-0.2, -0.15) is 0 Å². The topological polar surface area (TPSA) is 95.6 Å². The van der Waals surface area contributed by atoms with E-state index in [0.29, 0.717) is 17.5 Å². The van der Waals surface area contributed by atoms with Gasteiger partial charge in [-0.1, -0.05) is 24.3 Å². The van der Waals surface area contributed by atoms with Crippen LogP contribution in [-0.4, -0.2) is 48.2 Å². The zero-order valence-corrected chi connectivity index (χ0v) is 15.6. The first-order valence-corrected chi connectivity index (χ1v) is 9.23. The van der Waals surface area contributed by atoms with Crippen molar-refractivity contribution in [2.24, 2.45) is 0 Å². The Balaban J connectivity index is 1.35. The van der Waals surface area contributed by atoms with Gasteiger partial charge in [-0.25, -0.2) is 4.39 Å². The van der Waals surface area contributed by atoms with Crippen molar-refractivity contribution in [3.05, 3.63) is 71.0 Å².